The largest absolute Gasteiger partial charge is 0.313 e. The first-order valence-electron chi connectivity index (χ1n) is 19.5. The average Bonchev–Trinajstić information content (AvgIpc) is 3.63. The lowest BCUT2D eigenvalue weighted by atomic mass is 9.97. The third-order valence-corrected chi connectivity index (χ3v) is 11.1. The minimum absolute atomic E-state index is 1.02. The van der Waals surface area contributed by atoms with Gasteiger partial charge in [0.2, 0.25) is 0 Å². The van der Waals surface area contributed by atoms with Gasteiger partial charge in [-0.3, -0.25) is 0 Å². The minimum Gasteiger partial charge on any atom is -0.313 e. The predicted molar refractivity (Wildman–Crippen MR) is 239 cm³/mol. The van der Waals surface area contributed by atoms with Crippen LogP contribution in [0.2, 0.25) is 0 Å². The molecule has 2 heteroatoms. The van der Waals surface area contributed by atoms with Crippen molar-refractivity contribution >= 4 is 44.6 Å². The van der Waals surface area contributed by atoms with Crippen LogP contribution in [0, 0.1) is 0 Å². The van der Waals surface area contributed by atoms with Gasteiger partial charge in [-0.1, -0.05) is 170 Å². The summed E-state index contributed by atoms with van der Waals surface area (Å²) in [7, 11) is 0. The van der Waals surface area contributed by atoms with Crippen molar-refractivity contribution in [2.24, 2.45) is 0 Å². The van der Waals surface area contributed by atoms with Gasteiger partial charge in [-0.15, -0.1) is 0 Å². The molecule has 0 radical (unpaired) electrons. The highest BCUT2D eigenvalue weighted by atomic mass is 15.1. The van der Waals surface area contributed by atoms with E-state index in [-0.39, 0.29) is 0 Å². The number of nitrogens with zero attached hydrogens (tertiary/aromatic N) is 2. The van der Waals surface area contributed by atoms with Crippen molar-refractivity contribution in [1.82, 2.24) is 4.57 Å². The van der Waals surface area contributed by atoms with Crippen LogP contribution < -0.4 is 4.90 Å². The molecular weight excluding hydrogens is 677 g/mol. The number of rotatable bonds is 8. The Labute approximate surface area is 328 Å². The summed E-state index contributed by atoms with van der Waals surface area (Å²) in [4.78, 5) is 2.42. The molecule has 56 heavy (non-hydrogen) atoms. The Morgan fingerprint density at radius 2 is 0.982 bits per heavy atom. The van der Waals surface area contributed by atoms with Crippen LogP contribution in [-0.2, 0) is 0 Å². The second-order valence-electron chi connectivity index (χ2n) is 14.4. The normalized spacial score (nSPS) is 12.5. The molecule has 1 aromatic heterocycles. The lowest BCUT2D eigenvalue weighted by molar-refractivity contribution is 0.979. The molecule has 0 fully saturated rings. The van der Waals surface area contributed by atoms with Crippen molar-refractivity contribution < 1.29 is 0 Å². The maximum atomic E-state index is 2.47. The van der Waals surface area contributed by atoms with E-state index in [1.165, 1.54) is 72.0 Å². The van der Waals surface area contributed by atoms with E-state index in [0.717, 1.165) is 29.9 Å². The number of benzene rings is 8. The molecule has 1 aliphatic carbocycles. The Kier molecular flexibility index (Phi) is 8.70. The highest BCUT2D eigenvalue weighted by molar-refractivity contribution is 6.16. The summed E-state index contributed by atoms with van der Waals surface area (Å²) in [6.07, 6.45) is 8.81. The van der Waals surface area contributed by atoms with Crippen LogP contribution in [0.15, 0.2) is 218 Å². The summed E-state index contributed by atoms with van der Waals surface area (Å²) in [5.41, 5.74) is 16.7. The Morgan fingerprint density at radius 3 is 1.71 bits per heavy atom. The Bertz CT molecular complexity index is 2880. The van der Waals surface area contributed by atoms with E-state index in [2.05, 4.69) is 228 Å². The van der Waals surface area contributed by atoms with Crippen LogP contribution >= 0.6 is 0 Å². The van der Waals surface area contributed by atoms with Gasteiger partial charge in [0.1, 0.15) is 0 Å². The molecule has 2 nitrogen and oxygen atoms in total. The fraction of sp³-hybridized carbons (Fsp3) is 0.0370. The lowest BCUT2D eigenvalue weighted by Gasteiger charge is -2.28. The maximum absolute atomic E-state index is 2.47. The van der Waals surface area contributed by atoms with Gasteiger partial charge in [-0.2, -0.15) is 0 Å². The van der Waals surface area contributed by atoms with Crippen LogP contribution in [0.3, 0.4) is 0 Å². The molecule has 10 rings (SSSR count). The highest BCUT2D eigenvalue weighted by Gasteiger charge is 2.21. The number of anilines is 3. The van der Waals surface area contributed by atoms with Crippen LogP contribution in [0.5, 0.6) is 0 Å². The van der Waals surface area contributed by atoms with E-state index in [4.69, 9.17) is 0 Å². The Balaban J connectivity index is 1.13. The van der Waals surface area contributed by atoms with Gasteiger partial charge in [-0.05, 0) is 100 Å². The molecule has 0 amide bonds. The molecule has 0 bridgehead atoms. The fourth-order valence-electron chi connectivity index (χ4n) is 8.40. The topological polar surface area (TPSA) is 8.17 Å². The summed E-state index contributed by atoms with van der Waals surface area (Å²) in [5.74, 6) is 0. The SMILES string of the molecule is C1=CCCC(n2c3ccccc3c3c(-c4cccc(N(c5ccc(-c6ccccc6)cc5)c5ccccc5-c5ccc(-c6ccccc6)cc5)c4)cccc32)=C1. The molecule has 0 saturated carbocycles. The molecule has 9 aromatic rings. The zero-order valence-electron chi connectivity index (χ0n) is 31.1. The molecular formula is C54H40N2. The molecule has 0 aliphatic heterocycles. The van der Waals surface area contributed by atoms with Crippen molar-refractivity contribution in [1.29, 1.82) is 0 Å². The molecule has 0 atom stereocenters. The van der Waals surface area contributed by atoms with E-state index in [1.807, 2.05) is 0 Å². The molecule has 0 spiro atoms. The minimum atomic E-state index is 1.02. The number of aromatic nitrogens is 1. The average molecular weight is 717 g/mol. The van der Waals surface area contributed by atoms with Crippen molar-refractivity contribution in [2.75, 3.05) is 4.90 Å². The van der Waals surface area contributed by atoms with Gasteiger partial charge in [0.25, 0.3) is 0 Å². The standard InChI is InChI=1S/C54H40N2/c1-4-16-39(17-5-1)41-30-32-43(33-31-41)48-24-10-12-27-51(48)55(46-36-34-42(35-37-46)40-18-6-2-7-19-40)47-23-14-20-44(38-47)49-26-15-29-53-54(49)50-25-11-13-28-52(50)56(53)45-21-8-3-9-22-45/h1-8,10-21,23-38H,9,22H2. The third kappa shape index (κ3) is 6.12. The zero-order valence-corrected chi connectivity index (χ0v) is 31.1. The third-order valence-electron chi connectivity index (χ3n) is 11.1. The molecule has 1 aliphatic rings. The highest BCUT2D eigenvalue weighted by Crippen LogP contribution is 2.44. The first-order chi connectivity index (χ1) is 27.8. The number of fused-ring (bicyclic) bond motifs is 3. The Hall–Kier alpha value is -7.16. The van der Waals surface area contributed by atoms with Crippen LogP contribution in [0.4, 0.5) is 17.1 Å². The summed E-state index contributed by atoms with van der Waals surface area (Å²) in [5, 5.41) is 2.56. The summed E-state index contributed by atoms with van der Waals surface area (Å²) in [6.45, 7) is 0. The van der Waals surface area contributed by atoms with E-state index in [0.29, 0.717) is 0 Å². The van der Waals surface area contributed by atoms with Crippen LogP contribution in [-0.4, -0.2) is 4.57 Å². The molecule has 266 valence electrons. The van der Waals surface area contributed by atoms with Gasteiger partial charge >= 0.3 is 0 Å². The predicted octanol–water partition coefficient (Wildman–Crippen LogP) is 15.1. The zero-order chi connectivity index (χ0) is 37.3. The number of para-hydroxylation sites is 2. The molecule has 1 heterocycles. The fourth-order valence-corrected chi connectivity index (χ4v) is 8.40. The maximum Gasteiger partial charge on any atom is 0.0544 e. The first kappa shape index (κ1) is 33.4. The molecule has 0 saturated heterocycles. The second-order valence-corrected chi connectivity index (χ2v) is 14.4. The lowest BCUT2D eigenvalue weighted by Crippen LogP contribution is -2.11. The van der Waals surface area contributed by atoms with Crippen molar-refractivity contribution in [2.45, 2.75) is 12.8 Å². The van der Waals surface area contributed by atoms with Crippen LogP contribution in [0.1, 0.15) is 12.8 Å². The van der Waals surface area contributed by atoms with Crippen molar-refractivity contribution in [3.05, 3.63) is 218 Å². The summed E-state index contributed by atoms with van der Waals surface area (Å²) >= 11 is 0. The van der Waals surface area contributed by atoms with Gasteiger partial charge in [0.05, 0.1) is 16.7 Å². The van der Waals surface area contributed by atoms with Gasteiger partial charge in [0, 0.05) is 33.4 Å². The number of allylic oxidation sites excluding steroid dienone is 4. The molecule has 8 aromatic carbocycles. The van der Waals surface area contributed by atoms with E-state index >= 15 is 0 Å². The Morgan fingerprint density at radius 1 is 0.411 bits per heavy atom. The van der Waals surface area contributed by atoms with Crippen LogP contribution in [0.25, 0.3) is 72.0 Å². The monoisotopic (exact) mass is 716 g/mol. The quantitative estimate of drug-likeness (QED) is 0.152. The second kappa shape index (κ2) is 14.6. The number of hydrogen-bond donors (Lipinski definition) is 0. The summed E-state index contributed by atoms with van der Waals surface area (Å²) < 4.78 is 2.47. The first-order valence-corrected chi connectivity index (χ1v) is 19.5. The van der Waals surface area contributed by atoms with Crippen molar-refractivity contribution in [3.63, 3.8) is 0 Å². The van der Waals surface area contributed by atoms with Gasteiger partial charge in [0.15, 0.2) is 0 Å². The van der Waals surface area contributed by atoms with Crippen molar-refractivity contribution in [3.8, 4) is 44.5 Å². The summed E-state index contributed by atoms with van der Waals surface area (Å²) in [6, 6.07) is 72.7. The number of hydrogen-bond acceptors (Lipinski definition) is 1. The van der Waals surface area contributed by atoms with E-state index in [9.17, 15) is 0 Å². The molecule has 0 N–H and O–H groups in total. The molecule has 0 unspecified atom stereocenters. The smallest absolute Gasteiger partial charge is 0.0544 e. The van der Waals surface area contributed by atoms with E-state index in [1.54, 1.807) is 0 Å². The van der Waals surface area contributed by atoms with Gasteiger partial charge < -0.3 is 9.47 Å². The van der Waals surface area contributed by atoms with E-state index < -0.39 is 0 Å². The van der Waals surface area contributed by atoms with Gasteiger partial charge in [-0.25, -0.2) is 0 Å².